The van der Waals surface area contributed by atoms with Crippen LogP contribution in [0.3, 0.4) is 0 Å². The Morgan fingerprint density at radius 1 is 1.00 bits per heavy atom. The minimum atomic E-state index is -4.59. The van der Waals surface area contributed by atoms with Crippen LogP contribution in [0.2, 0.25) is 0 Å². The number of nitrogens with one attached hydrogen (secondary N) is 1. The Morgan fingerprint density at radius 2 is 1.70 bits per heavy atom. The van der Waals surface area contributed by atoms with Gasteiger partial charge >= 0.3 is 6.18 Å². The Morgan fingerprint density at radius 3 is 2.33 bits per heavy atom. The summed E-state index contributed by atoms with van der Waals surface area (Å²) in [4.78, 5) is 27.8. The molecular weight excluding hydrogens is 521 g/mol. The molecule has 0 bridgehead atoms. The van der Waals surface area contributed by atoms with E-state index in [1.165, 1.54) is 17.0 Å². The van der Waals surface area contributed by atoms with Gasteiger partial charge in [0.2, 0.25) is 5.91 Å². The fourth-order valence-electron chi connectivity index (χ4n) is 4.38. The molecule has 3 aromatic carbocycles. The van der Waals surface area contributed by atoms with Gasteiger partial charge in [-0.25, -0.2) is 4.68 Å². The van der Waals surface area contributed by atoms with E-state index in [1.807, 2.05) is 44.2 Å². The molecule has 0 spiro atoms. The largest absolute Gasteiger partial charge is 0.497 e. The van der Waals surface area contributed by atoms with Crippen LogP contribution in [0.15, 0.2) is 78.9 Å². The minimum Gasteiger partial charge on any atom is -0.497 e. The Hall–Kier alpha value is -4.60. The van der Waals surface area contributed by atoms with E-state index in [0.29, 0.717) is 34.9 Å². The quantitative estimate of drug-likeness (QED) is 0.263. The molecule has 2 amide bonds. The highest BCUT2D eigenvalue weighted by molar-refractivity contribution is 6.01. The third kappa shape index (κ3) is 6.33. The first-order valence-corrected chi connectivity index (χ1v) is 12.7. The van der Waals surface area contributed by atoms with Crippen LogP contribution >= 0.6 is 0 Å². The van der Waals surface area contributed by atoms with E-state index in [0.717, 1.165) is 17.7 Å². The van der Waals surface area contributed by atoms with Crippen LogP contribution in [-0.2, 0) is 11.0 Å². The molecule has 0 aliphatic heterocycles. The molecule has 0 saturated carbocycles. The number of carbonyl (C=O) groups is 2. The second kappa shape index (κ2) is 12.1. The average Bonchev–Trinajstić information content (AvgIpc) is 3.27. The molecule has 0 radical (unpaired) electrons. The molecule has 0 aliphatic carbocycles. The summed E-state index contributed by atoms with van der Waals surface area (Å²) in [6, 6.07) is 20.8. The van der Waals surface area contributed by atoms with Crippen LogP contribution in [-0.4, -0.2) is 46.7 Å². The number of ether oxygens (including phenoxy) is 1. The van der Waals surface area contributed by atoms with Gasteiger partial charge in [0.1, 0.15) is 18.1 Å². The summed E-state index contributed by atoms with van der Waals surface area (Å²) in [5.74, 6) is -0.113. The number of rotatable bonds is 9. The van der Waals surface area contributed by atoms with Crippen LogP contribution < -0.4 is 10.1 Å². The van der Waals surface area contributed by atoms with Gasteiger partial charge in [-0.15, -0.1) is 0 Å². The number of methoxy groups -OCH3 is 1. The molecule has 1 N–H and O–H groups in total. The van der Waals surface area contributed by atoms with Crippen LogP contribution in [0.25, 0.3) is 16.8 Å². The summed E-state index contributed by atoms with van der Waals surface area (Å²) >= 11 is 0. The van der Waals surface area contributed by atoms with Crippen molar-refractivity contribution in [1.29, 1.82) is 0 Å². The lowest BCUT2D eigenvalue weighted by atomic mass is 10.1. The number of hydrogen-bond donors (Lipinski definition) is 1. The number of alkyl halides is 3. The fourth-order valence-corrected chi connectivity index (χ4v) is 4.38. The topological polar surface area (TPSA) is 76.5 Å². The number of hydrogen-bond acceptors (Lipinski definition) is 4. The Kier molecular flexibility index (Phi) is 8.57. The number of carbonyl (C=O) groups excluding carboxylic acids is 2. The number of aryl methyl sites for hydroxylation is 1. The van der Waals surface area contributed by atoms with Crippen LogP contribution in [0, 0.1) is 6.92 Å². The van der Waals surface area contributed by atoms with Crippen molar-refractivity contribution in [3.63, 3.8) is 0 Å². The zero-order valence-electron chi connectivity index (χ0n) is 22.3. The van der Waals surface area contributed by atoms with Gasteiger partial charge in [-0.2, -0.15) is 18.3 Å². The van der Waals surface area contributed by atoms with Crippen molar-refractivity contribution in [2.75, 3.05) is 25.5 Å². The fraction of sp³-hybridized carbons (Fsp3) is 0.233. The molecule has 208 valence electrons. The molecule has 0 saturated heterocycles. The molecule has 0 aliphatic rings. The maximum Gasteiger partial charge on any atom is 0.416 e. The van der Waals surface area contributed by atoms with Gasteiger partial charge in [0.15, 0.2) is 0 Å². The second-order valence-corrected chi connectivity index (χ2v) is 9.14. The molecule has 0 atom stereocenters. The van der Waals surface area contributed by atoms with E-state index in [1.54, 1.807) is 36.1 Å². The molecular formula is C30H29F3N4O3. The lowest BCUT2D eigenvalue weighted by Crippen LogP contribution is -2.39. The SMILES string of the molecule is CCCN(CC(=O)Nc1c(-c2ccccc2)c(C)nn1-c1ccc(OC)cc1)C(=O)c1cccc(C(F)(F)F)c1. The van der Waals surface area contributed by atoms with Crippen molar-refractivity contribution < 1.29 is 27.5 Å². The maximum absolute atomic E-state index is 13.4. The molecule has 4 rings (SSSR count). The van der Waals surface area contributed by atoms with Gasteiger partial charge < -0.3 is 15.0 Å². The Labute approximate surface area is 230 Å². The van der Waals surface area contributed by atoms with Gasteiger partial charge in [-0.3, -0.25) is 9.59 Å². The average molecular weight is 551 g/mol. The minimum absolute atomic E-state index is 0.139. The highest BCUT2D eigenvalue weighted by Gasteiger charge is 2.31. The molecule has 0 fully saturated rings. The van der Waals surface area contributed by atoms with Crippen molar-refractivity contribution in [3.8, 4) is 22.6 Å². The van der Waals surface area contributed by atoms with Gasteiger partial charge in [0, 0.05) is 17.7 Å². The summed E-state index contributed by atoms with van der Waals surface area (Å²) in [5, 5.41) is 7.58. The van der Waals surface area contributed by atoms with E-state index in [4.69, 9.17) is 4.74 Å². The van der Waals surface area contributed by atoms with Crippen LogP contribution in [0.5, 0.6) is 5.75 Å². The predicted molar refractivity (Wildman–Crippen MR) is 147 cm³/mol. The third-order valence-electron chi connectivity index (χ3n) is 6.25. The summed E-state index contributed by atoms with van der Waals surface area (Å²) in [5.41, 5.74) is 1.82. The molecule has 4 aromatic rings. The van der Waals surface area contributed by atoms with Gasteiger partial charge in [-0.05, 0) is 61.4 Å². The normalized spacial score (nSPS) is 11.2. The van der Waals surface area contributed by atoms with Crippen molar-refractivity contribution in [1.82, 2.24) is 14.7 Å². The maximum atomic E-state index is 13.4. The highest BCUT2D eigenvalue weighted by Crippen LogP contribution is 2.34. The molecule has 1 aromatic heterocycles. The van der Waals surface area contributed by atoms with E-state index >= 15 is 0 Å². The summed E-state index contributed by atoms with van der Waals surface area (Å²) in [6.07, 6.45) is -4.08. The van der Waals surface area contributed by atoms with Crippen molar-refractivity contribution in [2.45, 2.75) is 26.4 Å². The zero-order chi connectivity index (χ0) is 28.9. The molecule has 0 unspecified atom stereocenters. The van der Waals surface area contributed by atoms with Gasteiger partial charge in [0.25, 0.3) is 5.91 Å². The first-order chi connectivity index (χ1) is 19.1. The van der Waals surface area contributed by atoms with Gasteiger partial charge in [-0.1, -0.05) is 43.3 Å². The number of halogens is 3. The van der Waals surface area contributed by atoms with Crippen molar-refractivity contribution in [2.24, 2.45) is 0 Å². The first kappa shape index (κ1) is 28.4. The van der Waals surface area contributed by atoms with E-state index in [2.05, 4.69) is 10.4 Å². The number of amides is 2. The summed E-state index contributed by atoms with van der Waals surface area (Å²) in [6.45, 7) is 3.48. The van der Waals surface area contributed by atoms with Crippen LogP contribution in [0.1, 0.15) is 35.0 Å². The summed E-state index contributed by atoms with van der Waals surface area (Å²) in [7, 11) is 1.56. The second-order valence-electron chi connectivity index (χ2n) is 9.14. The lowest BCUT2D eigenvalue weighted by molar-refractivity contribution is -0.137. The predicted octanol–water partition coefficient (Wildman–Crippen LogP) is 6.37. The summed E-state index contributed by atoms with van der Waals surface area (Å²) < 4.78 is 46.5. The first-order valence-electron chi connectivity index (χ1n) is 12.7. The highest BCUT2D eigenvalue weighted by atomic mass is 19.4. The van der Waals surface area contributed by atoms with E-state index in [9.17, 15) is 22.8 Å². The monoisotopic (exact) mass is 550 g/mol. The Balaban J connectivity index is 1.66. The van der Waals surface area contributed by atoms with Crippen molar-refractivity contribution >= 4 is 17.6 Å². The van der Waals surface area contributed by atoms with E-state index < -0.39 is 23.6 Å². The zero-order valence-corrected chi connectivity index (χ0v) is 22.3. The van der Waals surface area contributed by atoms with E-state index in [-0.39, 0.29) is 18.7 Å². The van der Waals surface area contributed by atoms with Gasteiger partial charge in [0.05, 0.1) is 24.1 Å². The number of aromatic nitrogens is 2. The standard InChI is InChI=1S/C30H29F3N4O3/c1-4-17-36(29(39)22-11-8-12-23(18-22)30(31,32)33)19-26(38)34-28-27(21-9-6-5-7-10-21)20(2)35-37(28)24-13-15-25(40-3)16-14-24/h5-16,18H,4,17,19H2,1-3H3,(H,34,38). The lowest BCUT2D eigenvalue weighted by Gasteiger charge is -2.22. The van der Waals surface area contributed by atoms with Crippen LogP contribution in [0.4, 0.5) is 19.0 Å². The molecule has 10 heteroatoms. The Bertz CT molecular complexity index is 1480. The number of benzene rings is 3. The smallest absolute Gasteiger partial charge is 0.416 e. The number of anilines is 1. The molecule has 7 nitrogen and oxygen atoms in total. The third-order valence-corrected chi connectivity index (χ3v) is 6.25. The van der Waals surface area contributed by atoms with Crippen molar-refractivity contribution in [3.05, 3.63) is 95.7 Å². The number of nitrogens with zero attached hydrogens (tertiary/aromatic N) is 3. The molecule has 40 heavy (non-hydrogen) atoms. The molecule has 1 heterocycles.